The Hall–Kier alpha value is -3.95. The van der Waals surface area contributed by atoms with Crippen molar-refractivity contribution in [1.29, 1.82) is 0 Å². The molecule has 2 fully saturated rings. The van der Waals surface area contributed by atoms with Crippen LogP contribution in [-0.4, -0.2) is 49.9 Å². The number of anilines is 2. The van der Waals surface area contributed by atoms with Crippen molar-refractivity contribution in [3.05, 3.63) is 88.3 Å². The van der Waals surface area contributed by atoms with Crippen LogP contribution in [0.2, 0.25) is 0 Å². The van der Waals surface area contributed by atoms with Crippen molar-refractivity contribution in [2.45, 2.75) is 31.2 Å². The van der Waals surface area contributed by atoms with Gasteiger partial charge in [-0.15, -0.1) is 0 Å². The molecule has 1 aliphatic carbocycles. The van der Waals surface area contributed by atoms with Crippen molar-refractivity contribution in [1.82, 2.24) is 4.90 Å². The highest BCUT2D eigenvalue weighted by atomic mass is 32.2. The van der Waals surface area contributed by atoms with Crippen LogP contribution in [0.4, 0.5) is 11.4 Å². The van der Waals surface area contributed by atoms with Crippen LogP contribution in [0.15, 0.2) is 71.6 Å². The molecule has 2 N–H and O–H groups in total. The third kappa shape index (κ3) is 4.62. The van der Waals surface area contributed by atoms with E-state index in [1.54, 1.807) is 18.2 Å². The quantitative estimate of drug-likeness (QED) is 0.277. The number of fused-ring (bicyclic) bond motifs is 3. The Balaban J connectivity index is 1.28. The van der Waals surface area contributed by atoms with Crippen molar-refractivity contribution >= 4 is 63.6 Å². The largest absolute Gasteiger partial charge is 0.480 e. The fourth-order valence-corrected chi connectivity index (χ4v) is 7.10. The Morgan fingerprint density at radius 1 is 0.974 bits per heavy atom. The fourth-order valence-electron chi connectivity index (χ4n) is 5.84. The van der Waals surface area contributed by atoms with Gasteiger partial charge in [0.05, 0.1) is 10.5 Å². The number of aliphatic carboxylic acids is 1. The Bertz CT molecular complexity index is 1550. The standard InChI is InChI=1S/C30H24N2O5S2/c33-27(34)16-31-28(35)26(39-30(31)38)15-17-4-13-25-23(14-17)22-2-1-3-24(22)32(25)21-11-9-19(10-12-21)18-5-7-20(8-6-18)29(36)37/h4-15,22,24H,1-3,16H2,(H,33,34)(H,36,37). The molecule has 0 spiro atoms. The molecule has 3 aliphatic rings. The number of hydrogen-bond donors (Lipinski definition) is 2. The van der Waals surface area contributed by atoms with Gasteiger partial charge in [-0.05, 0) is 77.6 Å². The van der Waals surface area contributed by atoms with E-state index >= 15 is 0 Å². The number of nitrogens with zero attached hydrogens (tertiary/aromatic N) is 2. The number of carboxylic acids is 2. The average Bonchev–Trinajstić information content (AvgIpc) is 3.59. The van der Waals surface area contributed by atoms with Crippen molar-refractivity contribution in [3.8, 4) is 11.1 Å². The Labute approximate surface area is 234 Å². The normalized spacial score (nSPS) is 21.0. The molecule has 7 nitrogen and oxygen atoms in total. The van der Waals surface area contributed by atoms with E-state index in [0.717, 1.165) is 58.3 Å². The lowest BCUT2D eigenvalue weighted by atomic mass is 9.96. The molecule has 0 radical (unpaired) electrons. The van der Waals surface area contributed by atoms with Gasteiger partial charge in [0.15, 0.2) is 0 Å². The maximum Gasteiger partial charge on any atom is 0.335 e. The van der Waals surface area contributed by atoms with Gasteiger partial charge in [0.25, 0.3) is 5.91 Å². The Kier molecular flexibility index (Phi) is 6.48. The highest BCUT2D eigenvalue weighted by molar-refractivity contribution is 8.26. The molecule has 2 atom stereocenters. The van der Waals surface area contributed by atoms with Gasteiger partial charge in [-0.2, -0.15) is 0 Å². The summed E-state index contributed by atoms with van der Waals surface area (Å²) in [4.78, 5) is 39.0. The molecular weight excluding hydrogens is 532 g/mol. The van der Waals surface area contributed by atoms with Gasteiger partial charge in [0, 0.05) is 23.3 Å². The molecular formula is C30H24N2O5S2. The molecule has 1 amide bonds. The number of aromatic carboxylic acids is 1. The zero-order valence-electron chi connectivity index (χ0n) is 20.7. The van der Waals surface area contributed by atoms with Crippen LogP contribution in [0.25, 0.3) is 17.2 Å². The molecule has 196 valence electrons. The number of rotatable bonds is 6. The molecule has 0 bridgehead atoms. The van der Waals surface area contributed by atoms with Gasteiger partial charge >= 0.3 is 11.9 Å². The summed E-state index contributed by atoms with van der Waals surface area (Å²) in [6, 6.07) is 21.9. The first kappa shape index (κ1) is 25.3. The fraction of sp³-hybridized carbons (Fsp3) is 0.200. The zero-order valence-corrected chi connectivity index (χ0v) is 22.4. The summed E-state index contributed by atoms with van der Waals surface area (Å²) in [6.45, 7) is -0.433. The van der Waals surface area contributed by atoms with Crippen LogP contribution in [0.1, 0.15) is 46.7 Å². The van der Waals surface area contributed by atoms with E-state index in [2.05, 4.69) is 41.3 Å². The molecule has 2 unspecified atom stereocenters. The zero-order chi connectivity index (χ0) is 27.3. The second kappa shape index (κ2) is 9.98. The summed E-state index contributed by atoms with van der Waals surface area (Å²) in [5, 5.41) is 18.2. The minimum absolute atomic E-state index is 0.262. The van der Waals surface area contributed by atoms with Crippen molar-refractivity contribution in [3.63, 3.8) is 0 Å². The highest BCUT2D eigenvalue weighted by Gasteiger charge is 2.42. The van der Waals surface area contributed by atoms with Crippen LogP contribution in [-0.2, 0) is 9.59 Å². The lowest BCUT2D eigenvalue weighted by Crippen LogP contribution is -2.33. The van der Waals surface area contributed by atoms with E-state index in [1.165, 1.54) is 11.3 Å². The van der Waals surface area contributed by atoms with Crippen LogP contribution in [0, 0.1) is 0 Å². The number of amides is 1. The third-order valence-electron chi connectivity index (χ3n) is 7.60. The average molecular weight is 557 g/mol. The van der Waals surface area contributed by atoms with Crippen LogP contribution >= 0.6 is 24.0 Å². The van der Waals surface area contributed by atoms with Gasteiger partial charge < -0.3 is 15.1 Å². The monoisotopic (exact) mass is 556 g/mol. The van der Waals surface area contributed by atoms with Gasteiger partial charge in [-0.3, -0.25) is 14.5 Å². The third-order valence-corrected chi connectivity index (χ3v) is 8.97. The molecule has 39 heavy (non-hydrogen) atoms. The summed E-state index contributed by atoms with van der Waals surface area (Å²) < 4.78 is 0.262. The maximum atomic E-state index is 12.7. The first-order valence-electron chi connectivity index (χ1n) is 12.6. The second-order valence-electron chi connectivity index (χ2n) is 9.88. The summed E-state index contributed by atoms with van der Waals surface area (Å²) in [6.07, 6.45) is 5.16. The minimum atomic E-state index is -1.10. The summed E-state index contributed by atoms with van der Waals surface area (Å²) in [5.41, 5.74) is 6.69. The number of benzene rings is 3. The predicted octanol–water partition coefficient (Wildman–Crippen LogP) is 6.13. The number of hydrogen-bond acceptors (Lipinski definition) is 6. The predicted molar refractivity (Wildman–Crippen MR) is 155 cm³/mol. The lowest BCUT2D eigenvalue weighted by Gasteiger charge is -2.27. The SMILES string of the molecule is O=C(O)CN1C(=O)C(=Cc2ccc3c(c2)C2CCCC2N3c2ccc(-c3ccc(C(=O)O)cc3)cc2)SC1=S. The number of thioether (sulfide) groups is 1. The van der Waals surface area contributed by atoms with Gasteiger partial charge in [-0.25, -0.2) is 4.79 Å². The van der Waals surface area contributed by atoms with E-state index in [4.69, 9.17) is 22.4 Å². The maximum absolute atomic E-state index is 12.7. The van der Waals surface area contributed by atoms with Crippen molar-refractivity contribution in [2.75, 3.05) is 11.4 Å². The van der Waals surface area contributed by atoms with Crippen molar-refractivity contribution < 1.29 is 24.6 Å². The molecule has 3 aromatic carbocycles. The van der Waals surface area contributed by atoms with Crippen LogP contribution in [0.3, 0.4) is 0 Å². The summed E-state index contributed by atoms with van der Waals surface area (Å²) in [5.74, 6) is -2.00. The minimum Gasteiger partial charge on any atom is -0.480 e. The van der Waals surface area contributed by atoms with Crippen LogP contribution in [0.5, 0.6) is 0 Å². The van der Waals surface area contributed by atoms with Gasteiger partial charge in [0.2, 0.25) is 0 Å². The highest BCUT2D eigenvalue weighted by Crippen LogP contribution is 2.52. The van der Waals surface area contributed by atoms with Gasteiger partial charge in [-0.1, -0.05) is 60.7 Å². The number of carbonyl (C=O) groups excluding carboxylic acids is 1. The second-order valence-corrected chi connectivity index (χ2v) is 11.6. The molecule has 2 aliphatic heterocycles. The van der Waals surface area contributed by atoms with E-state index < -0.39 is 18.5 Å². The number of carbonyl (C=O) groups is 3. The number of carboxylic acid groups (broad SMARTS) is 2. The topological polar surface area (TPSA) is 98.2 Å². The first-order valence-corrected chi connectivity index (χ1v) is 13.9. The van der Waals surface area contributed by atoms with E-state index in [9.17, 15) is 14.4 Å². The molecule has 1 saturated carbocycles. The molecule has 9 heteroatoms. The molecule has 1 saturated heterocycles. The molecule has 2 heterocycles. The van der Waals surface area contributed by atoms with E-state index in [1.807, 2.05) is 18.2 Å². The van der Waals surface area contributed by atoms with E-state index in [0.29, 0.717) is 16.9 Å². The molecule has 0 aromatic heterocycles. The summed E-state index contributed by atoms with van der Waals surface area (Å²) in [7, 11) is 0. The van der Waals surface area contributed by atoms with Crippen LogP contribution < -0.4 is 4.90 Å². The van der Waals surface area contributed by atoms with E-state index in [-0.39, 0.29) is 15.8 Å². The Morgan fingerprint density at radius 3 is 2.33 bits per heavy atom. The number of thiocarbonyl (C=S) groups is 1. The first-order chi connectivity index (χ1) is 18.8. The summed E-state index contributed by atoms with van der Waals surface area (Å²) >= 11 is 6.37. The lowest BCUT2D eigenvalue weighted by molar-refractivity contribution is -0.140. The molecule has 6 rings (SSSR count). The Morgan fingerprint density at radius 2 is 1.67 bits per heavy atom. The van der Waals surface area contributed by atoms with Crippen molar-refractivity contribution in [2.24, 2.45) is 0 Å². The molecule has 3 aromatic rings. The smallest absolute Gasteiger partial charge is 0.335 e. The van der Waals surface area contributed by atoms with Gasteiger partial charge in [0.1, 0.15) is 10.9 Å².